The summed E-state index contributed by atoms with van der Waals surface area (Å²) < 4.78 is 0. The molecule has 0 N–H and O–H groups in total. The zero-order valence-corrected chi connectivity index (χ0v) is 36.7. The fourth-order valence-corrected chi connectivity index (χ4v) is 9.98. The second-order valence-corrected chi connectivity index (χ2v) is 17.1. The Morgan fingerprint density at radius 3 is 1.49 bits per heavy atom. The molecule has 8 aromatic carbocycles. The smallest absolute Gasteiger partial charge is 0.164 e. The van der Waals surface area contributed by atoms with Crippen LogP contribution in [0.2, 0.25) is 0 Å². The number of aromatic nitrogens is 5. The highest BCUT2D eigenvalue weighted by Crippen LogP contribution is 2.58. The van der Waals surface area contributed by atoms with Gasteiger partial charge >= 0.3 is 0 Å². The van der Waals surface area contributed by atoms with Crippen molar-refractivity contribution in [2.45, 2.75) is 18.3 Å². The van der Waals surface area contributed by atoms with Gasteiger partial charge in [0.15, 0.2) is 23.3 Å². The van der Waals surface area contributed by atoms with Crippen LogP contribution in [0.1, 0.15) is 40.9 Å². The third-order valence-electron chi connectivity index (χ3n) is 13.1. The van der Waals surface area contributed by atoms with Crippen LogP contribution >= 0.6 is 0 Å². The standard InChI is InChI=1S/C62H43N5/c1-7-22-42(23-8-1)56-41-57(64-58(63-56)43-24-9-2-10-25-43)53-40-55-52(50-36-19-20-37-54(50)62(55,48-32-15-5-16-33-48)49-34-17-6-18-35-49)39-51(53)46-30-21-31-47(38-46)61-66-59(44-26-11-3-12-27-44)65-60(67-61)45-28-13-4-14-29-45/h1-13,15-28,30-41H,14,29H2. The molecule has 2 aliphatic carbocycles. The van der Waals surface area contributed by atoms with E-state index in [1.165, 1.54) is 33.4 Å². The summed E-state index contributed by atoms with van der Waals surface area (Å²) in [5, 5.41) is 0. The molecule has 0 radical (unpaired) electrons. The van der Waals surface area contributed by atoms with Gasteiger partial charge in [0, 0.05) is 27.8 Å². The first-order chi connectivity index (χ1) is 33.2. The third-order valence-corrected chi connectivity index (χ3v) is 13.1. The van der Waals surface area contributed by atoms with Crippen molar-refractivity contribution < 1.29 is 0 Å². The lowest BCUT2D eigenvalue weighted by atomic mass is 9.67. The molecule has 0 amide bonds. The predicted octanol–water partition coefficient (Wildman–Crippen LogP) is 14.8. The van der Waals surface area contributed by atoms with E-state index in [-0.39, 0.29) is 0 Å². The molecule has 0 atom stereocenters. The van der Waals surface area contributed by atoms with Crippen molar-refractivity contribution in [2.75, 3.05) is 0 Å². The van der Waals surface area contributed by atoms with Gasteiger partial charge in [0.05, 0.1) is 16.8 Å². The van der Waals surface area contributed by atoms with Crippen LogP contribution in [-0.4, -0.2) is 24.9 Å². The molecule has 316 valence electrons. The number of benzene rings is 8. The lowest BCUT2D eigenvalue weighted by molar-refractivity contribution is 0.769. The molecule has 0 unspecified atom stereocenters. The monoisotopic (exact) mass is 857 g/mol. The highest BCUT2D eigenvalue weighted by atomic mass is 15.0. The van der Waals surface area contributed by atoms with Gasteiger partial charge in [-0.25, -0.2) is 24.9 Å². The van der Waals surface area contributed by atoms with Crippen LogP contribution in [0.25, 0.3) is 84.5 Å². The van der Waals surface area contributed by atoms with E-state index in [9.17, 15) is 0 Å². The first-order valence-electron chi connectivity index (χ1n) is 22.9. The van der Waals surface area contributed by atoms with Crippen LogP contribution in [0.3, 0.4) is 0 Å². The molecule has 0 fully saturated rings. The van der Waals surface area contributed by atoms with E-state index >= 15 is 0 Å². The largest absolute Gasteiger partial charge is 0.228 e. The first-order valence-corrected chi connectivity index (χ1v) is 22.9. The Morgan fingerprint density at radius 2 is 0.851 bits per heavy atom. The minimum atomic E-state index is -0.612. The average molecular weight is 858 g/mol. The van der Waals surface area contributed by atoms with Gasteiger partial charge in [-0.1, -0.05) is 212 Å². The quantitative estimate of drug-likeness (QED) is 0.145. The van der Waals surface area contributed by atoms with Gasteiger partial charge in [-0.3, -0.25) is 0 Å². The SMILES string of the molecule is C1=CCCC(c2nc(-c3ccccc3)nc(-c3cccc(-c4cc5c(cc4-c4cc(-c6ccccc6)nc(-c6ccccc6)n4)C(c4ccccc4)(c4ccccc4)c4ccccc4-5)c3)n2)=C1. The summed E-state index contributed by atoms with van der Waals surface area (Å²) >= 11 is 0. The maximum absolute atomic E-state index is 5.49. The van der Waals surface area contributed by atoms with Crippen LogP contribution in [0.4, 0.5) is 0 Å². The van der Waals surface area contributed by atoms with Gasteiger partial charge < -0.3 is 0 Å². The summed E-state index contributed by atoms with van der Waals surface area (Å²) in [6, 6.07) is 77.3. The number of rotatable bonds is 9. The van der Waals surface area contributed by atoms with Crippen molar-refractivity contribution in [2.24, 2.45) is 0 Å². The van der Waals surface area contributed by atoms with Crippen molar-refractivity contribution in [3.8, 4) is 78.9 Å². The van der Waals surface area contributed by atoms with Gasteiger partial charge in [-0.15, -0.1) is 0 Å². The van der Waals surface area contributed by atoms with E-state index in [4.69, 9.17) is 24.9 Å². The van der Waals surface area contributed by atoms with Crippen molar-refractivity contribution in [1.82, 2.24) is 24.9 Å². The fraction of sp³-hybridized carbons (Fsp3) is 0.0484. The fourth-order valence-electron chi connectivity index (χ4n) is 9.98. The number of hydrogen-bond acceptors (Lipinski definition) is 5. The van der Waals surface area contributed by atoms with Gasteiger partial charge in [-0.2, -0.15) is 0 Å². The van der Waals surface area contributed by atoms with Crippen LogP contribution in [0, 0.1) is 0 Å². The molecule has 0 saturated carbocycles. The van der Waals surface area contributed by atoms with Crippen molar-refractivity contribution in [3.05, 3.63) is 265 Å². The molecule has 2 aliphatic rings. The highest BCUT2D eigenvalue weighted by Gasteiger charge is 2.46. The number of hydrogen-bond donors (Lipinski definition) is 0. The zero-order valence-electron chi connectivity index (χ0n) is 36.7. The van der Waals surface area contributed by atoms with Gasteiger partial charge in [0.1, 0.15) is 0 Å². The van der Waals surface area contributed by atoms with Crippen molar-refractivity contribution in [1.29, 1.82) is 0 Å². The summed E-state index contributed by atoms with van der Waals surface area (Å²) in [7, 11) is 0. The minimum absolute atomic E-state index is 0.612. The van der Waals surface area contributed by atoms with Gasteiger partial charge in [-0.05, 0) is 87.2 Å². The summed E-state index contributed by atoms with van der Waals surface area (Å²) in [6.07, 6.45) is 8.23. The number of fused-ring (bicyclic) bond motifs is 3. The lowest BCUT2D eigenvalue weighted by Gasteiger charge is -2.34. The number of allylic oxidation sites excluding steroid dienone is 4. The molecule has 67 heavy (non-hydrogen) atoms. The van der Waals surface area contributed by atoms with Gasteiger partial charge in [0.25, 0.3) is 0 Å². The molecule has 5 heteroatoms. The Bertz CT molecular complexity index is 3400. The minimum Gasteiger partial charge on any atom is -0.228 e. The second kappa shape index (κ2) is 17.0. The molecule has 12 rings (SSSR count). The Hall–Kier alpha value is -8.67. The van der Waals surface area contributed by atoms with Crippen molar-refractivity contribution >= 4 is 5.57 Å². The Balaban J connectivity index is 1.14. The maximum atomic E-state index is 5.49. The summed E-state index contributed by atoms with van der Waals surface area (Å²) in [5.74, 6) is 2.64. The zero-order chi connectivity index (χ0) is 44.6. The molecule has 0 spiro atoms. The Morgan fingerprint density at radius 1 is 0.328 bits per heavy atom. The van der Waals surface area contributed by atoms with Crippen LogP contribution in [-0.2, 0) is 5.41 Å². The molecule has 0 saturated heterocycles. The molecule has 5 nitrogen and oxygen atoms in total. The van der Waals surface area contributed by atoms with E-state index in [1.807, 2.05) is 42.5 Å². The van der Waals surface area contributed by atoms with Crippen LogP contribution in [0.5, 0.6) is 0 Å². The molecular formula is C62H43N5. The Kier molecular flexibility index (Phi) is 10.1. The van der Waals surface area contributed by atoms with Gasteiger partial charge in [0.2, 0.25) is 0 Å². The Labute approximate surface area is 390 Å². The van der Waals surface area contributed by atoms with E-state index < -0.39 is 5.41 Å². The van der Waals surface area contributed by atoms with E-state index in [0.29, 0.717) is 23.3 Å². The summed E-state index contributed by atoms with van der Waals surface area (Å²) in [6.45, 7) is 0. The topological polar surface area (TPSA) is 64.5 Å². The summed E-state index contributed by atoms with van der Waals surface area (Å²) in [5.41, 5.74) is 16.3. The third kappa shape index (κ3) is 7.18. The first kappa shape index (κ1) is 39.9. The number of nitrogens with zero attached hydrogens (tertiary/aromatic N) is 5. The summed E-state index contributed by atoms with van der Waals surface area (Å²) in [4.78, 5) is 26.1. The molecule has 2 heterocycles. The predicted molar refractivity (Wildman–Crippen MR) is 272 cm³/mol. The van der Waals surface area contributed by atoms with Crippen LogP contribution < -0.4 is 0 Å². The maximum Gasteiger partial charge on any atom is 0.164 e. The molecule has 10 aromatic rings. The average Bonchev–Trinajstić information content (AvgIpc) is 3.72. The second-order valence-electron chi connectivity index (χ2n) is 17.1. The molecule has 0 bridgehead atoms. The normalized spacial score (nSPS) is 13.4. The highest BCUT2D eigenvalue weighted by molar-refractivity contribution is 5.95. The van der Waals surface area contributed by atoms with Crippen molar-refractivity contribution in [3.63, 3.8) is 0 Å². The molecular weight excluding hydrogens is 815 g/mol. The van der Waals surface area contributed by atoms with Crippen LogP contribution in [0.15, 0.2) is 237 Å². The van der Waals surface area contributed by atoms with E-state index in [2.05, 4.69) is 194 Å². The van der Waals surface area contributed by atoms with E-state index in [0.717, 1.165) is 68.7 Å². The molecule has 0 aliphatic heterocycles. The van der Waals surface area contributed by atoms with E-state index in [1.54, 1.807) is 0 Å². The lowest BCUT2D eigenvalue weighted by Crippen LogP contribution is -2.28. The molecule has 2 aromatic heterocycles.